The first kappa shape index (κ1) is 12.8. The Morgan fingerprint density at radius 2 is 2.12 bits per heavy atom. The van der Waals surface area contributed by atoms with Crippen molar-refractivity contribution in [3.8, 4) is 11.8 Å². The van der Waals surface area contributed by atoms with E-state index in [4.69, 9.17) is 0 Å². The van der Waals surface area contributed by atoms with Crippen molar-refractivity contribution < 1.29 is 0 Å². The molecule has 0 aliphatic rings. The third-order valence-electron chi connectivity index (χ3n) is 2.78. The van der Waals surface area contributed by atoms with E-state index in [1.807, 2.05) is 14.0 Å². The summed E-state index contributed by atoms with van der Waals surface area (Å²) in [6.07, 6.45) is 1.93. The molecule has 3 heteroatoms. The van der Waals surface area contributed by atoms with Crippen LogP contribution in [0.5, 0.6) is 0 Å². The van der Waals surface area contributed by atoms with Crippen LogP contribution in [0.3, 0.4) is 0 Å². The van der Waals surface area contributed by atoms with E-state index in [0.717, 1.165) is 31.6 Å². The van der Waals surface area contributed by atoms with E-state index >= 15 is 0 Å². The van der Waals surface area contributed by atoms with Crippen LogP contribution in [-0.4, -0.2) is 23.4 Å². The monoisotopic (exact) mass is 219 g/mol. The number of rotatable bonds is 5. The Kier molecular flexibility index (Phi) is 5.07. The Bertz CT molecular complexity index is 393. The summed E-state index contributed by atoms with van der Waals surface area (Å²) in [5.41, 5.74) is 3.81. The number of hydrogen-bond acceptors (Lipinski definition) is 2. The van der Waals surface area contributed by atoms with Gasteiger partial charge in [0.25, 0.3) is 0 Å². The van der Waals surface area contributed by atoms with Crippen LogP contribution < -0.4 is 5.32 Å². The Morgan fingerprint density at radius 3 is 2.75 bits per heavy atom. The molecule has 88 valence electrons. The van der Waals surface area contributed by atoms with Gasteiger partial charge >= 0.3 is 0 Å². The van der Waals surface area contributed by atoms with E-state index < -0.39 is 0 Å². The lowest BCUT2D eigenvalue weighted by Gasteiger charge is -2.03. The molecule has 0 fully saturated rings. The van der Waals surface area contributed by atoms with E-state index in [2.05, 4.69) is 40.8 Å². The zero-order valence-corrected chi connectivity index (χ0v) is 10.7. The van der Waals surface area contributed by atoms with Crippen molar-refractivity contribution in [2.45, 2.75) is 40.2 Å². The van der Waals surface area contributed by atoms with Crippen molar-refractivity contribution >= 4 is 0 Å². The van der Waals surface area contributed by atoms with Crippen molar-refractivity contribution in [3.05, 3.63) is 17.0 Å². The summed E-state index contributed by atoms with van der Waals surface area (Å²) in [6.45, 7) is 8.00. The fraction of sp³-hybridized carbons (Fsp3) is 0.615. The molecule has 0 bridgehead atoms. The lowest BCUT2D eigenvalue weighted by atomic mass is 10.1. The second-order valence-electron chi connectivity index (χ2n) is 3.90. The van der Waals surface area contributed by atoms with Gasteiger partial charge in [0.15, 0.2) is 0 Å². The summed E-state index contributed by atoms with van der Waals surface area (Å²) in [4.78, 5) is 0. The van der Waals surface area contributed by atoms with E-state index in [-0.39, 0.29) is 0 Å². The Hall–Kier alpha value is -1.27. The molecule has 0 aliphatic heterocycles. The van der Waals surface area contributed by atoms with Crippen LogP contribution in [0.15, 0.2) is 0 Å². The molecule has 3 nitrogen and oxygen atoms in total. The molecule has 0 saturated carbocycles. The first-order chi connectivity index (χ1) is 7.70. The van der Waals surface area contributed by atoms with Gasteiger partial charge in [0.2, 0.25) is 0 Å². The van der Waals surface area contributed by atoms with Crippen molar-refractivity contribution in [2.75, 3.05) is 13.6 Å². The first-order valence-corrected chi connectivity index (χ1v) is 5.77. The quantitative estimate of drug-likeness (QED) is 0.764. The number of likely N-dealkylation sites (N-methyl/N-ethyl adjacent to an activating group) is 1. The lowest BCUT2D eigenvalue weighted by Crippen LogP contribution is -2.11. The normalized spacial score (nSPS) is 10.0. The van der Waals surface area contributed by atoms with Gasteiger partial charge in [-0.15, -0.1) is 11.8 Å². The molecule has 16 heavy (non-hydrogen) atoms. The minimum absolute atomic E-state index is 0.879. The minimum atomic E-state index is 0.879. The van der Waals surface area contributed by atoms with Gasteiger partial charge < -0.3 is 5.32 Å². The zero-order chi connectivity index (χ0) is 12.0. The highest BCUT2D eigenvalue weighted by molar-refractivity contribution is 5.24. The Labute approximate surface area is 98.2 Å². The van der Waals surface area contributed by atoms with Crippen molar-refractivity contribution in [3.63, 3.8) is 0 Å². The van der Waals surface area contributed by atoms with E-state index in [9.17, 15) is 0 Å². The molecule has 1 rings (SSSR count). The van der Waals surface area contributed by atoms with Crippen molar-refractivity contribution in [1.82, 2.24) is 15.1 Å². The highest BCUT2D eigenvalue weighted by Crippen LogP contribution is 2.13. The number of hydrogen-bond donors (Lipinski definition) is 1. The molecule has 0 spiro atoms. The highest BCUT2D eigenvalue weighted by atomic mass is 15.3. The summed E-state index contributed by atoms with van der Waals surface area (Å²) < 4.78 is 2.07. The molecule has 0 atom stereocenters. The maximum Gasteiger partial charge on any atom is 0.0628 e. The topological polar surface area (TPSA) is 29.9 Å². The van der Waals surface area contributed by atoms with E-state index in [1.165, 1.54) is 11.3 Å². The lowest BCUT2D eigenvalue weighted by molar-refractivity contribution is 0.606. The molecule has 1 heterocycles. The van der Waals surface area contributed by atoms with Gasteiger partial charge in [0.1, 0.15) is 0 Å². The molecular weight excluding hydrogens is 198 g/mol. The average Bonchev–Trinajstić information content (AvgIpc) is 2.53. The maximum absolute atomic E-state index is 4.56. The molecule has 1 aromatic rings. The van der Waals surface area contributed by atoms with Gasteiger partial charge in [-0.05, 0) is 46.3 Å². The van der Waals surface area contributed by atoms with Gasteiger partial charge in [0.05, 0.1) is 12.2 Å². The number of nitrogens with zero attached hydrogens (tertiary/aromatic N) is 2. The average molecular weight is 219 g/mol. The van der Waals surface area contributed by atoms with Crippen molar-refractivity contribution in [2.24, 2.45) is 0 Å². The fourth-order valence-corrected chi connectivity index (χ4v) is 1.85. The molecule has 0 amide bonds. The van der Waals surface area contributed by atoms with Crippen LogP contribution in [0, 0.1) is 25.7 Å². The third kappa shape index (κ3) is 3.11. The van der Waals surface area contributed by atoms with Gasteiger partial charge in [-0.25, -0.2) is 0 Å². The maximum atomic E-state index is 4.56. The van der Waals surface area contributed by atoms with E-state index in [0.29, 0.717) is 0 Å². The predicted octanol–water partition coefficient (Wildman–Crippen LogP) is 1.68. The molecule has 1 N–H and O–H groups in total. The number of aromatic nitrogens is 2. The van der Waals surface area contributed by atoms with Gasteiger partial charge in [0, 0.05) is 12.1 Å². The largest absolute Gasteiger partial charge is 0.319 e. The molecule has 0 unspecified atom stereocenters. The van der Waals surface area contributed by atoms with Crippen LogP contribution in [-0.2, 0) is 13.0 Å². The molecule has 1 aromatic heterocycles. The smallest absolute Gasteiger partial charge is 0.0628 e. The van der Waals surface area contributed by atoms with Crippen LogP contribution in [0.2, 0.25) is 0 Å². The standard InChI is InChI=1S/C13H21N3/c1-5-6-7-10-16-12(3)13(8-9-14-4)11(2)15-16/h14H,7-10H2,1-4H3. The summed E-state index contributed by atoms with van der Waals surface area (Å²) in [5, 5.41) is 7.73. The first-order valence-electron chi connectivity index (χ1n) is 5.77. The summed E-state index contributed by atoms with van der Waals surface area (Å²) in [5.74, 6) is 5.98. The SMILES string of the molecule is CC#CCCn1nc(C)c(CCNC)c1C. The number of aryl methyl sites for hydroxylation is 2. The Morgan fingerprint density at radius 1 is 1.38 bits per heavy atom. The minimum Gasteiger partial charge on any atom is -0.319 e. The zero-order valence-electron chi connectivity index (χ0n) is 10.7. The second kappa shape index (κ2) is 6.34. The predicted molar refractivity (Wildman–Crippen MR) is 67.4 cm³/mol. The molecular formula is C13H21N3. The second-order valence-corrected chi connectivity index (χ2v) is 3.90. The fourth-order valence-electron chi connectivity index (χ4n) is 1.85. The molecule has 0 aliphatic carbocycles. The van der Waals surface area contributed by atoms with Crippen LogP contribution in [0.1, 0.15) is 30.3 Å². The molecule has 0 radical (unpaired) electrons. The van der Waals surface area contributed by atoms with Gasteiger partial charge in [-0.2, -0.15) is 5.10 Å². The van der Waals surface area contributed by atoms with Gasteiger partial charge in [-0.1, -0.05) is 0 Å². The summed E-state index contributed by atoms with van der Waals surface area (Å²) in [7, 11) is 1.98. The van der Waals surface area contributed by atoms with E-state index in [1.54, 1.807) is 0 Å². The molecule has 0 saturated heterocycles. The highest BCUT2D eigenvalue weighted by Gasteiger charge is 2.09. The summed E-state index contributed by atoms with van der Waals surface area (Å²) in [6, 6.07) is 0. The van der Waals surface area contributed by atoms with Crippen LogP contribution in [0.25, 0.3) is 0 Å². The Balaban J connectivity index is 2.74. The molecule has 0 aromatic carbocycles. The van der Waals surface area contributed by atoms with Crippen molar-refractivity contribution in [1.29, 1.82) is 0 Å². The summed E-state index contributed by atoms with van der Waals surface area (Å²) >= 11 is 0. The van der Waals surface area contributed by atoms with Crippen LogP contribution >= 0.6 is 0 Å². The number of nitrogens with one attached hydrogen (secondary N) is 1. The van der Waals surface area contributed by atoms with Crippen LogP contribution in [0.4, 0.5) is 0 Å². The van der Waals surface area contributed by atoms with Gasteiger partial charge in [-0.3, -0.25) is 4.68 Å². The third-order valence-corrected chi connectivity index (χ3v) is 2.78.